The Morgan fingerprint density at radius 3 is 1.98 bits per heavy atom. The predicted molar refractivity (Wildman–Crippen MR) is 157 cm³/mol. The lowest BCUT2D eigenvalue weighted by atomic mass is 9.80. The molecule has 3 aromatic rings. The number of benzene rings is 3. The van der Waals surface area contributed by atoms with Crippen molar-refractivity contribution < 1.29 is 37.0 Å². The molecule has 0 radical (unpaired) electrons. The third-order valence-corrected chi connectivity index (χ3v) is 7.14. The first kappa shape index (κ1) is 32.9. The Labute approximate surface area is 249 Å². The van der Waals surface area contributed by atoms with Gasteiger partial charge < -0.3 is 19.7 Å². The van der Waals surface area contributed by atoms with Crippen LogP contribution in [0.25, 0.3) is 0 Å². The predicted octanol–water partition coefficient (Wildman–Crippen LogP) is 7.04. The van der Waals surface area contributed by atoms with Crippen molar-refractivity contribution in [3.63, 3.8) is 0 Å². The lowest BCUT2D eigenvalue weighted by Crippen LogP contribution is -2.52. The van der Waals surface area contributed by atoms with Gasteiger partial charge >= 0.3 is 24.0 Å². The lowest BCUT2D eigenvalue weighted by Gasteiger charge is -2.36. The number of halogens is 3. The molecule has 1 N–H and O–H groups in total. The van der Waals surface area contributed by atoms with Gasteiger partial charge in [-0.3, -0.25) is 9.59 Å². The minimum absolute atomic E-state index is 0.00469. The van der Waals surface area contributed by atoms with Crippen LogP contribution < -0.4 is 10.1 Å². The molecule has 0 aliphatic heterocycles. The second-order valence-electron chi connectivity index (χ2n) is 10.5. The molecule has 0 heterocycles. The van der Waals surface area contributed by atoms with Crippen molar-refractivity contribution in [3.05, 3.63) is 109 Å². The van der Waals surface area contributed by atoms with E-state index >= 15 is 0 Å². The molecule has 3 rings (SSSR count). The van der Waals surface area contributed by atoms with Crippen molar-refractivity contribution in [1.82, 2.24) is 4.90 Å². The number of ether oxygens (including phenoxy) is 2. The van der Waals surface area contributed by atoms with Crippen LogP contribution in [0, 0.1) is 5.41 Å². The van der Waals surface area contributed by atoms with Gasteiger partial charge in [-0.2, -0.15) is 13.2 Å². The van der Waals surface area contributed by atoms with Crippen LogP contribution in [0.2, 0.25) is 0 Å². The summed E-state index contributed by atoms with van der Waals surface area (Å²) in [4.78, 5) is 39.6. The summed E-state index contributed by atoms with van der Waals surface area (Å²) in [6.07, 6.45) is -4.28. The first-order valence-corrected chi connectivity index (χ1v) is 13.6. The second-order valence-corrected chi connectivity index (χ2v) is 10.5. The number of methoxy groups -OCH3 is 1. The Bertz CT molecular complexity index is 1410. The van der Waals surface area contributed by atoms with Crippen LogP contribution in [0.1, 0.15) is 50.4 Å². The zero-order valence-electron chi connectivity index (χ0n) is 24.4. The molecular weight excluding hydrogens is 561 g/mol. The normalized spacial score (nSPS) is 13.7. The Balaban J connectivity index is 2.02. The average Bonchev–Trinajstić information content (AvgIpc) is 2.99. The van der Waals surface area contributed by atoms with Crippen molar-refractivity contribution in [2.75, 3.05) is 12.4 Å². The van der Waals surface area contributed by atoms with Crippen molar-refractivity contribution in [3.8, 4) is 5.75 Å². The third-order valence-electron chi connectivity index (χ3n) is 7.14. The van der Waals surface area contributed by atoms with Gasteiger partial charge in [-0.1, -0.05) is 78.9 Å². The van der Waals surface area contributed by atoms with E-state index < -0.39 is 47.6 Å². The van der Waals surface area contributed by atoms with Gasteiger partial charge in [0, 0.05) is 0 Å². The monoisotopic (exact) mass is 596 g/mol. The van der Waals surface area contributed by atoms with Crippen molar-refractivity contribution in [2.24, 2.45) is 5.41 Å². The molecule has 3 atom stereocenters. The van der Waals surface area contributed by atoms with E-state index in [1.807, 2.05) is 30.3 Å². The summed E-state index contributed by atoms with van der Waals surface area (Å²) in [5.74, 6) is -3.76. The largest absolute Gasteiger partial charge is 0.471 e. The second kappa shape index (κ2) is 14.0. The highest BCUT2D eigenvalue weighted by molar-refractivity contribution is 5.89. The van der Waals surface area contributed by atoms with E-state index in [2.05, 4.69) is 11.9 Å². The number of anilines is 1. The Morgan fingerprint density at radius 1 is 0.907 bits per heavy atom. The fourth-order valence-electron chi connectivity index (χ4n) is 4.82. The first-order valence-electron chi connectivity index (χ1n) is 13.6. The smallest absolute Gasteiger partial charge is 0.469 e. The highest BCUT2D eigenvalue weighted by atomic mass is 19.4. The van der Waals surface area contributed by atoms with Gasteiger partial charge in [-0.15, -0.1) is 6.58 Å². The van der Waals surface area contributed by atoms with Gasteiger partial charge in [0.15, 0.2) is 5.75 Å². The van der Waals surface area contributed by atoms with Crippen LogP contribution in [-0.4, -0.2) is 42.1 Å². The van der Waals surface area contributed by atoms with Crippen molar-refractivity contribution in [2.45, 2.75) is 51.5 Å². The quantitative estimate of drug-likeness (QED) is 0.137. The van der Waals surface area contributed by atoms with Gasteiger partial charge in [-0.05, 0) is 50.5 Å². The molecule has 0 saturated heterocycles. The highest BCUT2D eigenvalue weighted by Crippen LogP contribution is 2.40. The van der Waals surface area contributed by atoms with Crippen LogP contribution >= 0.6 is 0 Å². The van der Waals surface area contributed by atoms with Crippen LogP contribution in [0.4, 0.5) is 18.9 Å². The van der Waals surface area contributed by atoms with E-state index in [1.165, 1.54) is 26.2 Å². The maximum absolute atomic E-state index is 13.8. The van der Waals surface area contributed by atoms with Gasteiger partial charge in [-0.25, -0.2) is 4.79 Å². The van der Waals surface area contributed by atoms with E-state index in [1.54, 1.807) is 62.4 Å². The number of hydrogen-bond donors (Lipinski definition) is 1. The zero-order chi connectivity index (χ0) is 31.8. The van der Waals surface area contributed by atoms with Crippen LogP contribution in [0.15, 0.2) is 97.6 Å². The van der Waals surface area contributed by atoms with E-state index in [4.69, 9.17) is 9.47 Å². The Morgan fingerprint density at radius 2 is 1.44 bits per heavy atom. The molecule has 0 saturated carbocycles. The number of para-hydroxylation sites is 2. The fraction of sp³-hybridized carbons (Fsp3) is 0.303. The molecule has 3 unspecified atom stereocenters. The number of hydrogen-bond acceptors (Lipinski definition) is 6. The van der Waals surface area contributed by atoms with Gasteiger partial charge in [0.2, 0.25) is 0 Å². The molecule has 10 heteroatoms. The molecule has 0 bridgehead atoms. The molecule has 3 aromatic carbocycles. The molecule has 0 spiro atoms. The minimum Gasteiger partial charge on any atom is -0.469 e. The summed E-state index contributed by atoms with van der Waals surface area (Å²) in [5, 5.41) is 3.26. The van der Waals surface area contributed by atoms with Crippen LogP contribution in [0.3, 0.4) is 0 Å². The summed E-state index contributed by atoms with van der Waals surface area (Å²) in [6.45, 7) is 8.40. The first-order chi connectivity index (χ1) is 20.3. The maximum atomic E-state index is 13.8. The van der Waals surface area contributed by atoms with E-state index in [-0.39, 0.29) is 12.2 Å². The molecule has 1 amide bonds. The molecule has 0 aromatic heterocycles. The van der Waals surface area contributed by atoms with E-state index in [0.29, 0.717) is 16.2 Å². The van der Waals surface area contributed by atoms with E-state index in [9.17, 15) is 27.6 Å². The number of carbonyl (C=O) groups excluding carboxylic acids is 3. The number of carbonyl (C=O) groups is 3. The van der Waals surface area contributed by atoms with Crippen LogP contribution in [-0.2, 0) is 19.1 Å². The number of rotatable bonds is 12. The Hall–Kier alpha value is -4.60. The zero-order valence-corrected chi connectivity index (χ0v) is 24.4. The van der Waals surface area contributed by atoms with Crippen LogP contribution in [0.5, 0.6) is 5.75 Å². The van der Waals surface area contributed by atoms with Crippen molar-refractivity contribution in [1.29, 1.82) is 0 Å². The standard InChI is InChI=1S/C33H35F3N2O5/c1-6-15-26(38(30(40)33(34,35)36)22(2)23-16-9-7-10-17-23)29(39)43-27-21-14-13-20-25(27)37-28(24-18-11-8-12-19-24)32(3,4)31(41)42-5/h6-14,16-22,26,28,37H,1,15H2,2-5H3. The minimum atomic E-state index is -5.25. The molecule has 0 fully saturated rings. The highest BCUT2D eigenvalue weighted by Gasteiger charge is 2.48. The SMILES string of the molecule is C=CCC(C(=O)Oc1ccccc1NC(c1ccccc1)C(C)(C)C(=O)OC)N(C(=O)C(F)(F)F)C(C)c1ccccc1. The van der Waals surface area contributed by atoms with E-state index in [0.717, 1.165) is 5.56 Å². The average molecular weight is 597 g/mol. The molecule has 7 nitrogen and oxygen atoms in total. The molecule has 43 heavy (non-hydrogen) atoms. The summed E-state index contributed by atoms with van der Waals surface area (Å²) >= 11 is 0. The van der Waals surface area contributed by atoms with Gasteiger partial charge in [0.05, 0.1) is 30.3 Å². The number of esters is 2. The van der Waals surface area contributed by atoms with Gasteiger partial charge in [0.1, 0.15) is 6.04 Å². The number of nitrogens with zero attached hydrogens (tertiary/aromatic N) is 1. The molecule has 228 valence electrons. The topological polar surface area (TPSA) is 84.9 Å². The molecule has 0 aliphatic carbocycles. The molecular formula is C33H35F3N2O5. The number of amides is 1. The number of alkyl halides is 3. The van der Waals surface area contributed by atoms with Crippen molar-refractivity contribution >= 4 is 23.5 Å². The summed E-state index contributed by atoms with van der Waals surface area (Å²) in [6, 6.07) is 20.1. The lowest BCUT2D eigenvalue weighted by molar-refractivity contribution is -0.192. The Kier molecular flexibility index (Phi) is 10.7. The molecule has 0 aliphatic rings. The summed E-state index contributed by atoms with van der Waals surface area (Å²) < 4.78 is 52.2. The van der Waals surface area contributed by atoms with Gasteiger partial charge in [0.25, 0.3) is 0 Å². The third kappa shape index (κ3) is 7.82. The fourth-order valence-corrected chi connectivity index (χ4v) is 4.82. The number of nitrogens with one attached hydrogen (secondary N) is 1. The maximum Gasteiger partial charge on any atom is 0.471 e. The summed E-state index contributed by atoms with van der Waals surface area (Å²) in [5.41, 5.74) is 0.338. The summed E-state index contributed by atoms with van der Waals surface area (Å²) in [7, 11) is 1.28.